The third-order valence-corrected chi connectivity index (χ3v) is 5.03. The second-order valence-electron chi connectivity index (χ2n) is 7.13. The summed E-state index contributed by atoms with van der Waals surface area (Å²) in [5.41, 5.74) is 2.07. The molecule has 146 valence electrons. The topological polar surface area (TPSA) is 49.0 Å². The Morgan fingerprint density at radius 3 is 2.41 bits per heavy atom. The van der Waals surface area contributed by atoms with Crippen LogP contribution in [0, 0.1) is 5.92 Å². The molecule has 3 rings (SSSR count). The largest absolute Gasteiger partial charge is 0.406 e. The van der Waals surface area contributed by atoms with Gasteiger partial charge in [0, 0.05) is 18.0 Å². The number of nitrogens with one attached hydrogen (secondary N) is 1. The molecule has 2 aromatic rings. The number of nitrogens with zero attached hydrogens (tertiary/aromatic N) is 2. The first-order chi connectivity index (χ1) is 12.9. The molecular formula is C20H24F3N3O. The van der Waals surface area contributed by atoms with Gasteiger partial charge in [-0.3, -0.25) is 9.89 Å². The normalized spacial score (nSPS) is 16.1. The molecule has 0 bridgehead atoms. The van der Waals surface area contributed by atoms with Gasteiger partial charge >= 0.3 is 6.18 Å². The van der Waals surface area contributed by atoms with Gasteiger partial charge in [-0.2, -0.15) is 18.3 Å². The molecule has 1 aromatic carbocycles. The number of aromatic amines is 1. The molecule has 1 N–H and O–H groups in total. The maximum Gasteiger partial charge on any atom is 0.406 e. The quantitative estimate of drug-likeness (QED) is 0.748. The molecule has 1 aliphatic rings. The minimum atomic E-state index is -4.43. The molecule has 0 saturated heterocycles. The van der Waals surface area contributed by atoms with E-state index in [-0.39, 0.29) is 12.5 Å². The smallest absolute Gasteiger partial charge is 0.329 e. The molecule has 0 radical (unpaired) electrons. The van der Waals surface area contributed by atoms with Crippen LogP contribution in [-0.2, 0) is 11.3 Å². The number of benzene rings is 1. The number of aromatic nitrogens is 2. The van der Waals surface area contributed by atoms with Crippen LogP contribution in [0.1, 0.15) is 44.1 Å². The molecule has 7 heteroatoms. The molecule has 0 spiro atoms. The zero-order valence-corrected chi connectivity index (χ0v) is 15.1. The Morgan fingerprint density at radius 1 is 1.11 bits per heavy atom. The average molecular weight is 379 g/mol. The van der Waals surface area contributed by atoms with E-state index in [1.165, 1.54) is 6.20 Å². The predicted octanol–water partition coefficient (Wildman–Crippen LogP) is 4.94. The van der Waals surface area contributed by atoms with E-state index in [0.717, 1.165) is 36.1 Å². The second kappa shape index (κ2) is 8.59. The third kappa shape index (κ3) is 5.34. The first-order valence-electron chi connectivity index (χ1n) is 9.37. The monoisotopic (exact) mass is 379 g/mol. The Labute approximate surface area is 156 Å². The van der Waals surface area contributed by atoms with Crippen LogP contribution in [0.15, 0.2) is 36.5 Å². The summed E-state index contributed by atoms with van der Waals surface area (Å²) >= 11 is 0. The first-order valence-corrected chi connectivity index (χ1v) is 9.37. The van der Waals surface area contributed by atoms with E-state index in [2.05, 4.69) is 10.2 Å². The molecule has 1 heterocycles. The van der Waals surface area contributed by atoms with E-state index < -0.39 is 18.6 Å². The number of carbonyl (C=O) groups excluding carboxylic acids is 1. The van der Waals surface area contributed by atoms with Crippen LogP contribution in [0.4, 0.5) is 13.2 Å². The molecule has 1 aromatic heterocycles. The van der Waals surface area contributed by atoms with Gasteiger partial charge < -0.3 is 4.90 Å². The Bertz CT molecular complexity index is 734. The number of hydrogen-bond acceptors (Lipinski definition) is 2. The van der Waals surface area contributed by atoms with Gasteiger partial charge in [0.25, 0.3) is 0 Å². The highest BCUT2D eigenvalue weighted by Gasteiger charge is 2.36. The fraction of sp³-hybridized carbons (Fsp3) is 0.500. The van der Waals surface area contributed by atoms with Crippen LogP contribution in [0.5, 0.6) is 0 Å². The number of H-pyrrole nitrogens is 1. The molecule has 0 unspecified atom stereocenters. The molecule has 27 heavy (non-hydrogen) atoms. The summed E-state index contributed by atoms with van der Waals surface area (Å²) < 4.78 is 39.4. The highest BCUT2D eigenvalue weighted by Crippen LogP contribution is 2.29. The lowest BCUT2D eigenvalue weighted by Crippen LogP contribution is -2.41. The van der Waals surface area contributed by atoms with E-state index in [1.54, 1.807) is 0 Å². The van der Waals surface area contributed by atoms with Gasteiger partial charge in [0.05, 0.1) is 11.9 Å². The molecule has 1 aliphatic carbocycles. The van der Waals surface area contributed by atoms with Crippen molar-refractivity contribution in [3.8, 4) is 11.3 Å². The number of carbonyl (C=O) groups is 1. The van der Waals surface area contributed by atoms with E-state index >= 15 is 0 Å². The van der Waals surface area contributed by atoms with Crippen molar-refractivity contribution in [2.45, 2.75) is 51.2 Å². The zero-order chi connectivity index (χ0) is 19.3. The lowest BCUT2D eigenvalue weighted by molar-refractivity contribution is -0.165. The van der Waals surface area contributed by atoms with Gasteiger partial charge in [-0.1, -0.05) is 56.0 Å². The van der Waals surface area contributed by atoms with Gasteiger partial charge in [-0.05, 0) is 18.4 Å². The van der Waals surface area contributed by atoms with Crippen molar-refractivity contribution in [2.24, 2.45) is 5.92 Å². The molecule has 0 atom stereocenters. The van der Waals surface area contributed by atoms with Crippen molar-refractivity contribution < 1.29 is 18.0 Å². The first kappa shape index (κ1) is 19.5. The van der Waals surface area contributed by atoms with Crippen LogP contribution in [-0.4, -0.2) is 33.7 Å². The second-order valence-corrected chi connectivity index (χ2v) is 7.13. The van der Waals surface area contributed by atoms with E-state index in [9.17, 15) is 18.0 Å². The molecule has 4 nitrogen and oxygen atoms in total. The maximum absolute atomic E-state index is 13.1. The van der Waals surface area contributed by atoms with Crippen molar-refractivity contribution in [1.29, 1.82) is 0 Å². The van der Waals surface area contributed by atoms with Crippen molar-refractivity contribution in [1.82, 2.24) is 15.1 Å². The summed E-state index contributed by atoms with van der Waals surface area (Å²) in [5.74, 6) is -0.712. The van der Waals surface area contributed by atoms with Crippen molar-refractivity contribution in [3.63, 3.8) is 0 Å². The SMILES string of the molecule is O=C(C1CCCCCC1)N(Cc1cn[nH]c1-c1ccccc1)CC(F)(F)F. The molecular weight excluding hydrogens is 355 g/mol. The van der Waals surface area contributed by atoms with Gasteiger partial charge in [-0.25, -0.2) is 0 Å². The summed E-state index contributed by atoms with van der Waals surface area (Å²) in [4.78, 5) is 13.8. The lowest BCUT2D eigenvalue weighted by atomic mass is 9.98. The fourth-order valence-electron chi connectivity index (χ4n) is 3.70. The van der Waals surface area contributed by atoms with Gasteiger partial charge in [0.2, 0.25) is 5.91 Å². The number of halogens is 3. The van der Waals surface area contributed by atoms with E-state index in [0.29, 0.717) is 24.1 Å². The number of hydrogen-bond donors (Lipinski definition) is 1. The van der Waals surface area contributed by atoms with Crippen molar-refractivity contribution in [3.05, 3.63) is 42.1 Å². The van der Waals surface area contributed by atoms with Crippen molar-refractivity contribution in [2.75, 3.05) is 6.54 Å². The van der Waals surface area contributed by atoms with Crippen molar-refractivity contribution >= 4 is 5.91 Å². The van der Waals surface area contributed by atoms with Gasteiger partial charge in [-0.15, -0.1) is 0 Å². The van der Waals surface area contributed by atoms with Crippen LogP contribution in [0.25, 0.3) is 11.3 Å². The summed E-state index contributed by atoms with van der Waals surface area (Å²) in [6.45, 7) is -1.34. The summed E-state index contributed by atoms with van der Waals surface area (Å²) in [6, 6.07) is 9.29. The van der Waals surface area contributed by atoms with E-state index in [1.807, 2.05) is 30.3 Å². The maximum atomic E-state index is 13.1. The number of alkyl halides is 3. The minimum Gasteiger partial charge on any atom is -0.329 e. The third-order valence-electron chi connectivity index (χ3n) is 5.03. The zero-order valence-electron chi connectivity index (χ0n) is 15.1. The number of rotatable bonds is 5. The highest BCUT2D eigenvalue weighted by molar-refractivity contribution is 5.79. The van der Waals surface area contributed by atoms with Crippen LogP contribution in [0.3, 0.4) is 0 Å². The number of amides is 1. The Hall–Kier alpha value is -2.31. The molecule has 0 aliphatic heterocycles. The van der Waals surface area contributed by atoms with Gasteiger partial charge in [0.15, 0.2) is 0 Å². The van der Waals surface area contributed by atoms with Crippen LogP contribution < -0.4 is 0 Å². The molecule has 1 fully saturated rings. The molecule has 1 saturated carbocycles. The summed E-state index contributed by atoms with van der Waals surface area (Å²) in [6.07, 6.45) is 2.30. The minimum absolute atomic E-state index is 0.102. The van der Waals surface area contributed by atoms with Crippen LogP contribution >= 0.6 is 0 Å². The Morgan fingerprint density at radius 2 is 1.78 bits per heavy atom. The lowest BCUT2D eigenvalue weighted by Gasteiger charge is -2.28. The highest BCUT2D eigenvalue weighted by atomic mass is 19.4. The summed E-state index contributed by atoms with van der Waals surface area (Å²) in [5, 5.41) is 6.84. The van der Waals surface area contributed by atoms with Gasteiger partial charge in [0.1, 0.15) is 6.54 Å². The summed E-state index contributed by atoms with van der Waals surface area (Å²) in [7, 11) is 0. The Balaban J connectivity index is 1.82. The molecule has 1 amide bonds. The average Bonchev–Trinajstić information content (AvgIpc) is 2.92. The standard InChI is InChI=1S/C20H24F3N3O/c21-20(22,23)14-26(19(27)16-10-4-1-2-5-11-16)13-17-12-24-25-18(17)15-8-6-3-7-9-15/h3,6-9,12,16H,1-2,4-5,10-11,13-14H2,(H,24,25). The fourth-order valence-corrected chi connectivity index (χ4v) is 3.70. The predicted molar refractivity (Wildman–Crippen MR) is 96.7 cm³/mol. The van der Waals surface area contributed by atoms with E-state index in [4.69, 9.17) is 0 Å². The Kier molecular flexibility index (Phi) is 6.19. The van der Waals surface area contributed by atoms with Crippen LogP contribution in [0.2, 0.25) is 0 Å².